The number of rotatable bonds is 8. The predicted molar refractivity (Wildman–Crippen MR) is 89.8 cm³/mol. The number of nitrogen functional groups attached to an aromatic ring is 1. The zero-order chi connectivity index (χ0) is 16.0. The van der Waals surface area contributed by atoms with E-state index >= 15 is 0 Å². The summed E-state index contributed by atoms with van der Waals surface area (Å²) in [7, 11) is 4.16. The van der Waals surface area contributed by atoms with Gasteiger partial charge in [-0.2, -0.15) is 4.98 Å². The predicted octanol–water partition coefficient (Wildman–Crippen LogP) is 2.84. The SMILES string of the molecule is CC(C)CC(CN(C)C)Nc1ccc(N)c(OC(C)C)n1. The van der Waals surface area contributed by atoms with Gasteiger partial charge in [-0.15, -0.1) is 0 Å². The van der Waals surface area contributed by atoms with E-state index in [0.29, 0.717) is 23.5 Å². The second-order valence-corrected chi connectivity index (χ2v) is 6.49. The maximum atomic E-state index is 5.91. The zero-order valence-corrected chi connectivity index (χ0v) is 14.2. The highest BCUT2D eigenvalue weighted by Gasteiger charge is 2.14. The zero-order valence-electron chi connectivity index (χ0n) is 14.2. The van der Waals surface area contributed by atoms with Crippen molar-refractivity contribution in [2.75, 3.05) is 31.7 Å². The van der Waals surface area contributed by atoms with E-state index in [-0.39, 0.29) is 6.10 Å². The minimum Gasteiger partial charge on any atom is -0.473 e. The van der Waals surface area contributed by atoms with Gasteiger partial charge in [0.1, 0.15) is 5.82 Å². The molecule has 1 rings (SSSR count). The Balaban J connectivity index is 2.82. The molecule has 5 heteroatoms. The van der Waals surface area contributed by atoms with Crippen LogP contribution < -0.4 is 15.8 Å². The lowest BCUT2D eigenvalue weighted by atomic mass is 10.0. The number of aromatic nitrogens is 1. The smallest absolute Gasteiger partial charge is 0.239 e. The molecule has 1 heterocycles. The highest BCUT2D eigenvalue weighted by Crippen LogP contribution is 2.23. The van der Waals surface area contributed by atoms with Gasteiger partial charge in [0.2, 0.25) is 5.88 Å². The summed E-state index contributed by atoms with van der Waals surface area (Å²) in [6, 6.07) is 4.10. The molecule has 0 saturated heterocycles. The lowest BCUT2D eigenvalue weighted by Crippen LogP contribution is -2.33. The summed E-state index contributed by atoms with van der Waals surface area (Å²) in [6.07, 6.45) is 1.15. The molecule has 0 bridgehead atoms. The number of ether oxygens (including phenoxy) is 1. The molecule has 0 radical (unpaired) electrons. The number of nitrogens with zero attached hydrogens (tertiary/aromatic N) is 2. The van der Waals surface area contributed by atoms with Gasteiger partial charge in [0, 0.05) is 12.6 Å². The Morgan fingerprint density at radius 1 is 1.24 bits per heavy atom. The van der Waals surface area contributed by atoms with Gasteiger partial charge in [0.15, 0.2) is 0 Å². The summed E-state index contributed by atoms with van der Waals surface area (Å²) < 4.78 is 5.64. The maximum absolute atomic E-state index is 5.91. The van der Waals surface area contributed by atoms with E-state index in [1.165, 1.54) is 0 Å². The van der Waals surface area contributed by atoms with Gasteiger partial charge in [0.25, 0.3) is 0 Å². The van der Waals surface area contributed by atoms with Crippen molar-refractivity contribution in [2.45, 2.75) is 46.3 Å². The van der Waals surface area contributed by atoms with E-state index in [4.69, 9.17) is 10.5 Å². The summed E-state index contributed by atoms with van der Waals surface area (Å²) >= 11 is 0. The quantitative estimate of drug-likeness (QED) is 0.772. The van der Waals surface area contributed by atoms with Crippen molar-refractivity contribution >= 4 is 11.5 Å². The Morgan fingerprint density at radius 3 is 2.43 bits per heavy atom. The van der Waals surface area contributed by atoms with Gasteiger partial charge >= 0.3 is 0 Å². The van der Waals surface area contributed by atoms with Crippen LogP contribution in [0.5, 0.6) is 5.88 Å². The first-order chi connectivity index (χ1) is 9.77. The summed E-state index contributed by atoms with van der Waals surface area (Å²) in [5.41, 5.74) is 6.48. The molecule has 1 aromatic rings. The molecule has 3 N–H and O–H groups in total. The topological polar surface area (TPSA) is 63.4 Å². The maximum Gasteiger partial charge on any atom is 0.239 e. The van der Waals surface area contributed by atoms with Gasteiger partial charge < -0.3 is 20.7 Å². The van der Waals surface area contributed by atoms with Crippen molar-refractivity contribution in [3.8, 4) is 5.88 Å². The summed E-state index contributed by atoms with van der Waals surface area (Å²) in [6.45, 7) is 9.36. The summed E-state index contributed by atoms with van der Waals surface area (Å²) in [5.74, 6) is 1.94. The third-order valence-corrected chi connectivity index (χ3v) is 2.93. The molecule has 0 saturated carbocycles. The van der Waals surface area contributed by atoms with E-state index in [9.17, 15) is 0 Å². The molecule has 0 amide bonds. The fourth-order valence-corrected chi connectivity index (χ4v) is 2.25. The van der Waals surface area contributed by atoms with Gasteiger partial charge in [0.05, 0.1) is 11.8 Å². The fraction of sp³-hybridized carbons (Fsp3) is 0.688. The highest BCUT2D eigenvalue weighted by molar-refractivity contribution is 5.54. The van der Waals surface area contributed by atoms with E-state index in [1.54, 1.807) is 0 Å². The highest BCUT2D eigenvalue weighted by atomic mass is 16.5. The van der Waals surface area contributed by atoms with Crippen LogP contribution in [0.2, 0.25) is 0 Å². The number of nitrogens with one attached hydrogen (secondary N) is 1. The van der Waals surface area contributed by atoms with E-state index in [1.807, 2.05) is 26.0 Å². The van der Waals surface area contributed by atoms with Crippen molar-refractivity contribution in [1.29, 1.82) is 0 Å². The van der Waals surface area contributed by atoms with Crippen LogP contribution in [0, 0.1) is 5.92 Å². The molecular formula is C16H30N4O. The van der Waals surface area contributed by atoms with Crippen molar-refractivity contribution in [1.82, 2.24) is 9.88 Å². The minimum atomic E-state index is 0.0586. The number of likely N-dealkylation sites (N-methyl/N-ethyl adjacent to an activating group) is 1. The van der Waals surface area contributed by atoms with E-state index < -0.39 is 0 Å². The number of anilines is 2. The normalized spacial score (nSPS) is 13.0. The van der Waals surface area contributed by atoms with Gasteiger partial charge in [-0.3, -0.25) is 0 Å². The number of hydrogen-bond donors (Lipinski definition) is 2. The third-order valence-electron chi connectivity index (χ3n) is 2.93. The van der Waals surface area contributed by atoms with Crippen LogP contribution in [-0.2, 0) is 0 Å². The molecule has 0 aliphatic carbocycles. The first kappa shape index (κ1) is 17.6. The van der Waals surface area contributed by atoms with Crippen LogP contribution >= 0.6 is 0 Å². The molecule has 21 heavy (non-hydrogen) atoms. The standard InChI is InChI=1S/C16H30N4O/c1-11(2)9-13(10-20(5)6)18-15-8-7-14(17)16(19-15)21-12(3)4/h7-8,11-13H,9-10,17H2,1-6H3,(H,18,19). The molecule has 0 fully saturated rings. The molecule has 0 aliphatic heterocycles. The summed E-state index contributed by atoms with van der Waals surface area (Å²) in [5, 5.41) is 3.49. The minimum absolute atomic E-state index is 0.0586. The van der Waals surface area contributed by atoms with Crippen LogP contribution in [0.1, 0.15) is 34.1 Å². The van der Waals surface area contributed by atoms with Crippen LogP contribution in [0.4, 0.5) is 11.5 Å². The molecule has 0 aromatic carbocycles. The van der Waals surface area contributed by atoms with Crippen LogP contribution in [-0.4, -0.2) is 42.7 Å². The van der Waals surface area contributed by atoms with Crippen molar-refractivity contribution in [3.05, 3.63) is 12.1 Å². The monoisotopic (exact) mass is 294 g/mol. The van der Waals surface area contributed by atoms with Crippen molar-refractivity contribution in [3.63, 3.8) is 0 Å². The Bertz CT molecular complexity index is 422. The lowest BCUT2D eigenvalue weighted by Gasteiger charge is -2.24. The average molecular weight is 294 g/mol. The Hall–Kier alpha value is -1.49. The largest absolute Gasteiger partial charge is 0.473 e. The molecule has 1 atom stereocenters. The van der Waals surface area contributed by atoms with Crippen LogP contribution in [0.3, 0.4) is 0 Å². The first-order valence-corrected chi connectivity index (χ1v) is 7.62. The van der Waals surface area contributed by atoms with Gasteiger partial charge in [-0.25, -0.2) is 0 Å². The number of pyridine rings is 1. The van der Waals surface area contributed by atoms with Crippen LogP contribution in [0.25, 0.3) is 0 Å². The Labute approximate surface area is 128 Å². The fourth-order valence-electron chi connectivity index (χ4n) is 2.25. The summed E-state index contributed by atoms with van der Waals surface area (Å²) in [4.78, 5) is 6.67. The molecule has 1 aromatic heterocycles. The molecule has 1 unspecified atom stereocenters. The molecule has 0 spiro atoms. The number of nitrogens with two attached hydrogens (primary N) is 1. The second kappa shape index (κ2) is 8.08. The van der Waals surface area contributed by atoms with Crippen molar-refractivity contribution < 1.29 is 4.74 Å². The van der Waals surface area contributed by atoms with Crippen LogP contribution in [0.15, 0.2) is 12.1 Å². The lowest BCUT2D eigenvalue weighted by molar-refractivity contribution is 0.234. The van der Waals surface area contributed by atoms with E-state index in [0.717, 1.165) is 18.8 Å². The van der Waals surface area contributed by atoms with Crippen molar-refractivity contribution in [2.24, 2.45) is 5.92 Å². The molecular weight excluding hydrogens is 264 g/mol. The van der Waals surface area contributed by atoms with Gasteiger partial charge in [-0.1, -0.05) is 13.8 Å². The Morgan fingerprint density at radius 2 is 1.90 bits per heavy atom. The molecule has 0 aliphatic rings. The van der Waals surface area contributed by atoms with Gasteiger partial charge in [-0.05, 0) is 52.4 Å². The third kappa shape index (κ3) is 6.67. The molecule has 120 valence electrons. The number of hydrogen-bond acceptors (Lipinski definition) is 5. The van der Waals surface area contributed by atoms with E-state index in [2.05, 4.69) is 43.1 Å². The first-order valence-electron chi connectivity index (χ1n) is 7.62. The average Bonchev–Trinajstić information content (AvgIpc) is 2.31. The second-order valence-electron chi connectivity index (χ2n) is 6.49. The Kier molecular flexibility index (Phi) is 6.75. The molecule has 5 nitrogen and oxygen atoms in total.